The molecule has 0 aliphatic rings. The normalized spacial score (nSPS) is 14.2. The molecule has 4 nitrogen and oxygen atoms in total. The fraction of sp³-hybridized carbons (Fsp3) is 0.462. The van der Waals surface area contributed by atoms with Crippen LogP contribution < -0.4 is 11.5 Å². The van der Waals surface area contributed by atoms with Crippen molar-refractivity contribution in [3.05, 3.63) is 29.8 Å². The number of hydrogen-bond acceptors (Lipinski definition) is 3. The quantitative estimate of drug-likeness (QED) is 0.655. The van der Waals surface area contributed by atoms with Crippen LogP contribution in [0.25, 0.3) is 0 Å². The first-order chi connectivity index (χ1) is 8.04. The molecule has 0 fully saturated rings. The highest BCUT2D eigenvalue weighted by molar-refractivity contribution is 5.75. The van der Waals surface area contributed by atoms with E-state index in [1.165, 1.54) is 0 Å². The van der Waals surface area contributed by atoms with Gasteiger partial charge in [0.05, 0.1) is 5.41 Å². The molecule has 0 aliphatic heterocycles. The predicted octanol–water partition coefficient (Wildman–Crippen LogP) is 1.64. The third kappa shape index (κ3) is 3.20. The second-order valence-corrected chi connectivity index (χ2v) is 4.46. The van der Waals surface area contributed by atoms with Crippen LogP contribution in [0.1, 0.15) is 25.3 Å². The van der Waals surface area contributed by atoms with E-state index >= 15 is 0 Å². The molecule has 1 aromatic rings. The number of nitrogens with two attached hydrogens (primary N) is 2. The summed E-state index contributed by atoms with van der Waals surface area (Å²) < 4.78 is 0. The average Bonchev–Trinajstić information content (AvgIpc) is 2.28. The molecule has 0 bridgehead atoms. The summed E-state index contributed by atoms with van der Waals surface area (Å²) in [4.78, 5) is 11.4. The Labute approximate surface area is 102 Å². The van der Waals surface area contributed by atoms with Crippen LogP contribution in [0.2, 0.25) is 0 Å². The molecule has 1 unspecified atom stereocenters. The zero-order valence-corrected chi connectivity index (χ0v) is 10.1. The Morgan fingerprint density at radius 3 is 2.65 bits per heavy atom. The van der Waals surface area contributed by atoms with Crippen LogP contribution in [-0.4, -0.2) is 17.6 Å². The number of anilines is 1. The molecular formula is C13H20N2O2. The number of benzene rings is 1. The van der Waals surface area contributed by atoms with Crippen LogP contribution in [-0.2, 0) is 11.2 Å². The lowest BCUT2D eigenvalue weighted by Crippen LogP contribution is -2.40. The van der Waals surface area contributed by atoms with Crippen molar-refractivity contribution in [3.8, 4) is 0 Å². The van der Waals surface area contributed by atoms with Gasteiger partial charge in [-0.2, -0.15) is 0 Å². The molecule has 0 heterocycles. The van der Waals surface area contributed by atoms with Gasteiger partial charge in [-0.05, 0) is 30.5 Å². The molecule has 0 spiro atoms. The van der Waals surface area contributed by atoms with Crippen molar-refractivity contribution in [2.75, 3.05) is 12.3 Å². The van der Waals surface area contributed by atoms with Crippen molar-refractivity contribution >= 4 is 11.7 Å². The third-order valence-electron chi connectivity index (χ3n) is 3.07. The lowest BCUT2D eigenvalue weighted by atomic mass is 9.78. The van der Waals surface area contributed by atoms with Crippen molar-refractivity contribution in [2.45, 2.75) is 26.2 Å². The Bertz CT molecular complexity index is 393. The summed E-state index contributed by atoms with van der Waals surface area (Å²) in [5.74, 6) is -0.829. The van der Waals surface area contributed by atoms with E-state index in [0.717, 1.165) is 12.0 Å². The van der Waals surface area contributed by atoms with Crippen LogP contribution in [0.4, 0.5) is 5.69 Å². The molecule has 17 heavy (non-hydrogen) atoms. The summed E-state index contributed by atoms with van der Waals surface area (Å²) in [6.07, 6.45) is 1.80. The minimum atomic E-state index is -0.872. The monoisotopic (exact) mass is 236 g/mol. The van der Waals surface area contributed by atoms with Crippen molar-refractivity contribution in [2.24, 2.45) is 11.1 Å². The summed E-state index contributed by atoms with van der Waals surface area (Å²) in [5.41, 5.74) is 12.1. The van der Waals surface area contributed by atoms with Gasteiger partial charge >= 0.3 is 5.97 Å². The molecule has 1 aromatic carbocycles. The minimum Gasteiger partial charge on any atom is -0.481 e. The van der Waals surface area contributed by atoms with Gasteiger partial charge in [-0.15, -0.1) is 0 Å². The van der Waals surface area contributed by atoms with Gasteiger partial charge in [0.1, 0.15) is 0 Å². The van der Waals surface area contributed by atoms with Crippen molar-refractivity contribution in [1.82, 2.24) is 0 Å². The summed E-state index contributed by atoms with van der Waals surface area (Å²) in [6, 6.07) is 7.32. The van der Waals surface area contributed by atoms with Gasteiger partial charge in [0, 0.05) is 12.2 Å². The van der Waals surface area contributed by atoms with E-state index in [1.807, 2.05) is 25.1 Å². The molecule has 1 rings (SSSR count). The van der Waals surface area contributed by atoms with Crippen LogP contribution in [0.15, 0.2) is 24.3 Å². The topological polar surface area (TPSA) is 89.3 Å². The Hall–Kier alpha value is -1.55. The number of carboxylic acids is 1. The Kier molecular flexibility index (Phi) is 4.52. The summed E-state index contributed by atoms with van der Waals surface area (Å²) >= 11 is 0. The fourth-order valence-electron chi connectivity index (χ4n) is 2.10. The van der Waals surface area contributed by atoms with Crippen LogP contribution in [0.5, 0.6) is 0 Å². The van der Waals surface area contributed by atoms with Gasteiger partial charge in [0.2, 0.25) is 0 Å². The predicted molar refractivity (Wildman–Crippen MR) is 68.6 cm³/mol. The highest BCUT2D eigenvalue weighted by Gasteiger charge is 2.36. The molecule has 0 radical (unpaired) electrons. The third-order valence-corrected chi connectivity index (χ3v) is 3.07. The van der Waals surface area contributed by atoms with E-state index in [-0.39, 0.29) is 6.54 Å². The van der Waals surface area contributed by atoms with E-state index < -0.39 is 11.4 Å². The second kappa shape index (κ2) is 5.68. The second-order valence-electron chi connectivity index (χ2n) is 4.46. The maximum Gasteiger partial charge on any atom is 0.311 e. The first kappa shape index (κ1) is 13.5. The standard InChI is InChI=1S/C13H20N2O2/c1-2-6-13(9-14,12(16)17)8-10-4-3-5-11(15)7-10/h3-5,7H,2,6,8-9,14-15H2,1H3,(H,16,17). The summed E-state index contributed by atoms with van der Waals surface area (Å²) in [5, 5.41) is 9.37. The molecule has 0 amide bonds. The SMILES string of the molecule is CCCC(CN)(Cc1cccc(N)c1)C(=O)O. The molecule has 94 valence electrons. The van der Waals surface area contributed by atoms with Crippen molar-refractivity contribution in [3.63, 3.8) is 0 Å². The van der Waals surface area contributed by atoms with E-state index in [9.17, 15) is 9.90 Å². The van der Waals surface area contributed by atoms with Crippen molar-refractivity contribution < 1.29 is 9.90 Å². The Morgan fingerprint density at radius 1 is 1.47 bits per heavy atom. The van der Waals surface area contributed by atoms with E-state index in [4.69, 9.17) is 11.5 Å². The highest BCUT2D eigenvalue weighted by atomic mass is 16.4. The van der Waals surface area contributed by atoms with Crippen LogP contribution >= 0.6 is 0 Å². The number of rotatable bonds is 6. The summed E-state index contributed by atoms with van der Waals surface area (Å²) in [7, 11) is 0. The zero-order chi connectivity index (χ0) is 12.9. The van der Waals surface area contributed by atoms with Gasteiger partial charge in [0.25, 0.3) is 0 Å². The molecule has 1 atom stereocenters. The smallest absolute Gasteiger partial charge is 0.311 e. The number of aliphatic carboxylic acids is 1. The summed E-state index contributed by atoms with van der Waals surface area (Å²) in [6.45, 7) is 2.11. The fourth-order valence-corrected chi connectivity index (χ4v) is 2.10. The number of nitrogen functional groups attached to an aromatic ring is 1. The van der Waals surface area contributed by atoms with Crippen molar-refractivity contribution in [1.29, 1.82) is 0 Å². The van der Waals surface area contributed by atoms with Crippen LogP contribution in [0, 0.1) is 5.41 Å². The largest absolute Gasteiger partial charge is 0.481 e. The Morgan fingerprint density at radius 2 is 2.18 bits per heavy atom. The highest BCUT2D eigenvalue weighted by Crippen LogP contribution is 2.28. The van der Waals surface area contributed by atoms with Gasteiger partial charge in [-0.3, -0.25) is 4.79 Å². The lowest BCUT2D eigenvalue weighted by Gasteiger charge is -2.27. The first-order valence-electron chi connectivity index (χ1n) is 5.82. The van der Waals surface area contributed by atoms with Gasteiger partial charge < -0.3 is 16.6 Å². The molecule has 4 heteroatoms. The number of carbonyl (C=O) groups is 1. The van der Waals surface area contributed by atoms with Gasteiger partial charge in [-0.25, -0.2) is 0 Å². The molecule has 0 aliphatic carbocycles. The minimum absolute atomic E-state index is 0.144. The number of hydrogen-bond donors (Lipinski definition) is 3. The molecule has 0 saturated heterocycles. The lowest BCUT2D eigenvalue weighted by molar-refractivity contribution is -0.148. The van der Waals surface area contributed by atoms with E-state index in [0.29, 0.717) is 18.5 Å². The van der Waals surface area contributed by atoms with Crippen LogP contribution in [0.3, 0.4) is 0 Å². The molecule has 0 saturated carbocycles. The average molecular weight is 236 g/mol. The maximum atomic E-state index is 11.4. The molecule has 5 N–H and O–H groups in total. The van der Waals surface area contributed by atoms with Gasteiger partial charge in [-0.1, -0.05) is 25.5 Å². The number of carboxylic acid groups (broad SMARTS) is 1. The molecule has 0 aromatic heterocycles. The maximum absolute atomic E-state index is 11.4. The zero-order valence-electron chi connectivity index (χ0n) is 10.1. The van der Waals surface area contributed by atoms with Gasteiger partial charge in [0.15, 0.2) is 0 Å². The Balaban J connectivity index is 2.96. The van der Waals surface area contributed by atoms with E-state index in [2.05, 4.69) is 0 Å². The first-order valence-corrected chi connectivity index (χ1v) is 5.82. The molecular weight excluding hydrogens is 216 g/mol. The van der Waals surface area contributed by atoms with E-state index in [1.54, 1.807) is 6.07 Å².